The zero-order chi connectivity index (χ0) is 49.0. The van der Waals surface area contributed by atoms with Crippen molar-refractivity contribution < 1.29 is 9.13 Å². The summed E-state index contributed by atoms with van der Waals surface area (Å²) in [6, 6.07) is 64.5. The average molecular weight is 1360 g/mol. The largest absolute Gasteiger partial charge is 0.326 e. The molecule has 14 heteroatoms. The van der Waals surface area contributed by atoms with Crippen molar-refractivity contribution in [2.75, 3.05) is 0 Å². The fraction of sp³-hybridized carbons (Fsp3) is 0.133. The normalized spacial score (nSPS) is 11.8. The molecule has 12 aromatic rings. The number of imidazole rings is 4. The molecule has 372 valence electrons. The van der Waals surface area contributed by atoms with Crippen LogP contribution in [0.25, 0.3) is 44.1 Å². The van der Waals surface area contributed by atoms with Crippen LogP contribution in [-0.4, -0.2) is 28.2 Å². The van der Waals surface area contributed by atoms with Crippen LogP contribution < -0.4 is 9.13 Å². The fourth-order valence-corrected chi connectivity index (χ4v) is 12.5. The van der Waals surface area contributed by atoms with E-state index in [4.69, 9.17) is 0 Å². The first-order valence-electron chi connectivity index (χ1n) is 23.9. The topological polar surface area (TPSA) is 53.3 Å². The van der Waals surface area contributed by atoms with E-state index in [2.05, 4.69) is 271 Å². The highest BCUT2D eigenvalue weighted by Gasteiger charge is 2.21. The van der Waals surface area contributed by atoms with Gasteiger partial charge in [-0.3, -0.25) is 0 Å². The van der Waals surface area contributed by atoms with Crippen molar-refractivity contribution in [3.63, 3.8) is 0 Å². The van der Waals surface area contributed by atoms with E-state index < -0.39 is 0 Å². The van der Waals surface area contributed by atoms with Crippen LogP contribution in [0.1, 0.15) is 44.5 Å². The van der Waals surface area contributed by atoms with Crippen molar-refractivity contribution in [2.45, 2.75) is 49.9 Å². The molecule has 4 aromatic heterocycles. The van der Waals surface area contributed by atoms with Crippen molar-refractivity contribution in [3.05, 3.63) is 261 Å². The number of nitrogens with zero attached hydrogens (tertiary/aromatic N) is 8. The molecular formula is C60H52Br6N8+2. The zero-order valence-electron chi connectivity index (χ0n) is 40.2. The van der Waals surface area contributed by atoms with Gasteiger partial charge in [0.1, 0.15) is 26.2 Å². The summed E-state index contributed by atoms with van der Waals surface area (Å²) in [6.07, 6.45) is 8.37. The number of hydrogen-bond acceptors (Lipinski definition) is 2. The number of para-hydroxylation sites is 8. The van der Waals surface area contributed by atoms with E-state index in [9.17, 15) is 0 Å². The Bertz CT molecular complexity index is 3640. The third-order valence-electron chi connectivity index (χ3n) is 13.3. The lowest BCUT2D eigenvalue weighted by Crippen LogP contribution is -2.34. The molecule has 0 spiro atoms. The lowest BCUT2D eigenvalue weighted by Gasteiger charge is -2.09. The Kier molecular flexibility index (Phi) is 17.6. The van der Waals surface area contributed by atoms with E-state index in [0.717, 1.165) is 61.0 Å². The van der Waals surface area contributed by atoms with Crippen LogP contribution in [0.4, 0.5) is 0 Å². The van der Waals surface area contributed by atoms with E-state index in [0.29, 0.717) is 0 Å². The maximum atomic E-state index is 4.48. The van der Waals surface area contributed by atoms with Crippen molar-refractivity contribution in [2.24, 2.45) is 0 Å². The van der Waals surface area contributed by atoms with Gasteiger partial charge in [0.2, 0.25) is 12.7 Å². The first-order chi connectivity index (χ1) is 35.4. The van der Waals surface area contributed by atoms with E-state index in [1.807, 2.05) is 36.9 Å². The molecule has 0 radical (unpaired) electrons. The minimum atomic E-state index is 0. The van der Waals surface area contributed by atoms with Gasteiger partial charge in [-0.15, -0.1) is 34.0 Å². The smallest absolute Gasteiger partial charge is 0.245 e. The quantitative estimate of drug-likeness (QED) is 0.123. The summed E-state index contributed by atoms with van der Waals surface area (Å²) in [5.74, 6) is 0. The molecule has 0 saturated carbocycles. The summed E-state index contributed by atoms with van der Waals surface area (Å²) >= 11 is 14.4. The number of halogens is 6. The van der Waals surface area contributed by atoms with Gasteiger partial charge in [-0.05, 0) is 104 Å². The lowest BCUT2D eigenvalue weighted by molar-refractivity contribution is -0.664. The predicted octanol–water partition coefficient (Wildman–Crippen LogP) is 15.3. The van der Waals surface area contributed by atoms with Gasteiger partial charge in [-0.25, -0.2) is 28.2 Å². The predicted molar refractivity (Wildman–Crippen MR) is 325 cm³/mol. The molecule has 0 N–H and O–H groups in total. The molecule has 1 aliphatic heterocycles. The molecule has 8 bridgehead atoms. The van der Waals surface area contributed by atoms with Crippen molar-refractivity contribution in [1.29, 1.82) is 0 Å². The second-order valence-corrected chi connectivity index (χ2v) is 20.8. The van der Waals surface area contributed by atoms with Crippen LogP contribution in [0.2, 0.25) is 0 Å². The van der Waals surface area contributed by atoms with Crippen molar-refractivity contribution >= 4 is 142 Å². The molecule has 0 fully saturated rings. The number of aromatic nitrogens is 8. The van der Waals surface area contributed by atoms with Crippen molar-refractivity contribution in [1.82, 2.24) is 28.2 Å². The second kappa shape index (κ2) is 24.5. The highest BCUT2D eigenvalue weighted by atomic mass is 79.9. The number of alkyl halides is 2. The van der Waals surface area contributed by atoms with Gasteiger partial charge >= 0.3 is 0 Å². The molecule has 8 aromatic carbocycles. The number of fused-ring (bicyclic) bond motifs is 16. The van der Waals surface area contributed by atoms with Crippen LogP contribution >= 0.6 is 97.7 Å². The second-order valence-electron chi connectivity index (χ2n) is 18.1. The molecule has 74 heavy (non-hydrogen) atoms. The molecule has 8 nitrogen and oxygen atoms in total. The Morgan fingerprint density at radius 1 is 0.432 bits per heavy atom. The van der Waals surface area contributed by atoms with Gasteiger partial charge in [0.15, 0.2) is 22.1 Å². The summed E-state index contributed by atoms with van der Waals surface area (Å²) in [5.41, 5.74) is 19.8. The highest BCUT2D eigenvalue weighted by Crippen LogP contribution is 2.28. The van der Waals surface area contributed by atoms with Crippen LogP contribution in [0.5, 0.6) is 0 Å². The Labute approximate surface area is 485 Å². The standard InChI is InChI=1S/C30H25BrN4.C22H18N4.C8H7Br3.2BrH/c31-30-24-9-6-10-25(30)19-35-21-33(27-12-2-4-14-29(27)35)17-23-8-5-7-22(15-23)16-32-20-34(18-24)28-13-3-1-11-26(28)32;1-3-10-21-19(8-1)23-15-25(21)13-17-6-5-7-18(12-17)14-26-16-24-20-9-2-4-11-22(20)26;9-4-6-2-1-3-7(5-10)8(6)11;;/h1-15,20-21H,16-19H2;1-12,15-16H,13-14H2;1-3H,4-5H2;2*1H/q+2;;;;. The highest BCUT2D eigenvalue weighted by molar-refractivity contribution is 9.11. The van der Waals surface area contributed by atoms with Gasteiger partial charge in [-0.2, -0.15) is 0 Å². The van der Waals surface area contributed by atoms with Gasteiger partial charge in [0.05, 0.1) is 34.7 Å². The van der Waals surface area contributed by atoms with Gasteiger partial charge < -0.3 is 9.13 Å². The monoisotopic (exact) mass is 1360 g/mol. The molecule has 0 saturated heterocycles. The van der Waals surface area contributed by atoms with E-state index in [-0.39, 0.29) is 34.0 Å². The zero-order valence-corrected chi connectivity index (χ0v) is 50.0. The fourth-order valence-electron chi connectivity index (χ4n) is 9.78. The molecule has 0 amide bonds. The summed E-state index contributed by atoms with van der Waals surface area (Å²) in [7, 11) is 0. The van der Waals surface area contributed by atoms with E-state index in [1.165, 1.54) is 86.6 Å². The van der Waals surface area contributed by atoms with E-state index >= 15 is 0 Å². The summed E-state index contributed by atoms with van der Waals surface area (Å²) in [5, 5.41) is 1.79. The van der Waals surface area contributed by atoms with Crippen LogP contribution in [0.15, 0.2) is 216 Å². The first-order valence-corrected chi connectivity index (χ1v) is 27.8. The Morgan fingerprint density at radius 3 is 1.34 bits per heavy atom. The minimum absolute atomic E-state index is 0. The molecule has 5 heterocycles. The molecular weight excluding hydrogens is 1310 g/mol. The molecule has 0 atom stereocenters. The maximum absolute atomic E-state index is 4.48. The average Bonchev–Trinajstić information content (AvgIpc) is 4.19. The lowest BCUT2D eigenvalue weighted by atomic mass is 10.1. The van der Waals surface area contributed by atoms with E-state index in [1.54, 1.807) is 0 Å². The molecule has 1 aliphatic rings. The number of hydrogen-bond donors (Lipinski definition) is 0. The van der Waals surface area contributed by atoms with Crippen molar-refractivity contribution in [3.8, 4) is 0 Å². The maximum Gasteiger partial charge on any atom is 0.245 e. The molecule has 13 rings (SSSR count). The third-order valence-corrected chi connectivity index (χ3v) is 16.5. The number of benzene rings is 8. The summed E-state index contributed by atoms with van der Waals surface area (Å²) in [4.78, 5) is 8.97. The SMILES string of the molecule is Br.Br.BrCc1cccc(CBr)c1Br.Brc1c2cccc1Cn1c[n+](c3ccccc31)Cc1cccc(c1)C[n+]1cn(c3ccccc31)C2.c1cc(Cn2cnc3ccccc32)cc(Cn2cnc3ccccc32)c1. The Balaban J connectivity index is 0.000000152. The third kappa shape index (κ3) is 11.7. The molecule has 0 aliphatic carbocycles. The first kappa shape index (κ1) is 53.3. The minimum Gasteiger partial charge on any atom is -0.326 e. The Morgan fingerprint density at radius 2 is 0.851 bits per heavy atom. The van der Waals surface area contributed by atoms with Crippen LogP contribution in [0.3, 0.4) is 0 Å². The summed E-state index contributed by atoms with van der Waals surface area (Å²) < 4.78 is 16.3. The van der Waals surface area contributed by atoms with Gasteiger partial charge in [-0.1, -0.05) is 175 Å². The number of rotatable bonds is 6. The van der Waals surface area contributed by atoms with Crippen LogP contribution in [0, 0.1) is 0 Å². The summed E-state index contributed by atoms with van der Waals surface area (Å²) in [6.45, 7) is 4.95. The van der Waals surface area contributed by atoms with Gasteiger partial charge in [0, 0.05) is 43.8 Å². The molecule has 0 unspecified atom stereocenters. The van der Waals surface area contributed by atoms with Crippen LogP contribution in [-0.2, 0) is 49.9 Å². The Hall–Kier alpha value is -5.48. The van der Waals surface area contributed by atoms with Gasteiger partial charge in [0.25, 0.3) is 0 Å².